The highest BCUT2D eigenvalue weighted by molar-refractivity contribution is 7.90. The lowest BCUT2D eigenvalue weighted by molar-refractivity contribution is -0.0822. The van der Waals surface area contributed by atoms with Gasteiger partial charge in [-0.2, -0.15) is 0 Å². The first-order chi connectivity index (χ1) is 10.9. The number of piperidine rings is 2. The van der Waals surface area contributed by atoms with Gasteiger partial charge < -0.3 is 14.9 Å². The first kappa shape index (κ1) is 16.6. The number of aliphatic hydroxyl groups is 1. The molecule has 1 aromatic heterocycles. The van der Waals surface area contributed by atoms with Crippen molar-refractivity contribution < 1.29 is 13.5 Å². The van der Waals surface area contributed by atoms with Gasteiger partial charge in [0.05, 0.1) is 11.4 Å². The van der Waals surface area contributed by atoms with Crippen molar-refractivity contribution >= 4 is 15.8 Å². The second-order valence-corrected chi connectivity index (χ2v) is 8.99. The Morgan fingerprint density at radius 1 is 1.26 bits per heavy atom. The zero-order valence-electron chi connectivity index (χ0n) is 13.4. The molecular weight excluding hydrogens is 316 g/mol. The Kier molecular flexibility index (Phi) is 4.57. The van der Waals surface area contributed by atoms with Gasteiger partial charge >= 0.3 is 0 Å². The SMILES string of the molecule is CS(=O)(=O)CCN1CC[C@@]2(O)CCN(c3ncccn3)C[C@H]2C1. The second-order valence-electron chi connectivity index (χ2n) is 6.73. The van der Waals surface area contributed by atoms with E-state index in [1.807, 2.05) is 0 Å². The summed E-state index contributed by atoms with van der Waals surface area (Å²) in [6.45, 7) is 3.46. The van der Waals surface area contributed by atoms with Gasteiger partial charge in [-0.25, -0.2) is 18.4 Å². The average Bonchev–Trinajstić information content (AvgIpc) is 2.52. The van der Waals surface area contributed by atoms with Crippen molar-refractivity contribution in [3.63, 3.8) is 0 Å². The fourth-order valence-corrected chi connectivity index (χ4v) is 4.10. The molecule has 2 fully saturated rings. The predicted molar refractivity (Wildman–Crippen MR) is 88.1 cm³/mol. The van der Waals surface area contributed by atoms with Crippen molar-refractivity contribution in [3.8, 4) is 0 Å². The van der Waals surface area contributed by atoms with Crippen LogP contribution in [0.3, 0.4) is 0 Å². The molecule has 2 saturated heterocycles. The molecular formula is C15H24N4O3S. The van der Waals surface area contributed by atoms with Crippen molar-refractivity contribution in [3.05, 3.63) is 18.5 Å². The molecule has 0 spiro atoms. The number of likely N-dealkylation sites (tertiary alicyclic amines) is 1. The van der Waals surface area contributed by atoms with Gasteiger partial charge in [-0.3, -0.25) is 0 Å². The smallest absolute Gasteiger partial charge is 0.225 e. The highest BCUT2D eigenvalue weighted by Crippen LogP contribution is 2.36. The van der Waals surface area contributed by atoms with Crippen LogP contribution in [0.4, 0.5) is 5.95 Å². The van der Waals surface area contributed by atoms with Gasteiger partial charge in [0.2, 0.25) is 5.95 Å². The van der Waals surface area contributed by atoms with Crippen LogP contribution in [0, 0.1) is 5.92 Å². The third-order valence-corrected chi connectivity index (χ3v) is 5.89. The number of sulfone groups is 1. The molecule has 0 amide bonds. The van der Waals surface area contributed by atoms with Crippen LogP contribution >= 0.6 is 0 Å². The van der Waals surface area contributed by atoms with E-state index in [2.05, 4.69) is 19.8 Å². The summed E-state index contributed by atoms with van der Waals surface area (Å²) >= 11 is 0. The molecule has 1 N–H and O–H groups in total. The molecule has 7 nitrogen and oxygen atoms in total. The number of hydrogen-bond acceptors (Lipinski definition) is 7. The van der Waals surface area contributed by atoms with Crippen molar-refractivity contribution in [2.75, 3.05) is 49.6 Å². The van der Waals surface area contributed by atoms with E-state index in [0.29, 0.717) is 31.9 Å². The van der Waals surface area contributed by atoms with Crippen LogP contribution in [0.5, 0.6) is 0 Å². The van der Waals surface area contributed by atoms with Crippen LogP contribution in [0.2, 0.25) is 0 Å². The third kappa shape index (κ3) is 3.99. The predicted octanol–water partition coefficient (Wildman–Crippen LogP) is -0.216. The molecule has 0 bridgehead atoms. The lowest BCUT2D eigenvalue weighted by atomic mass is 9.76. The quantitative estimate of drug-likeness (QED) is 0.811. The third-order valence-electron chi connectivity index (χ3n) is 4.97. The van der Waals surface area contributed by atoms with Crippen LogP contribution < -0.4 is 4.90 Å². The Bertz CT molecular complexity index is 639. The van der Waals surface area contributed by atoms with E-state index in [1.165, 1.54) is 6.26 Å². The highest BCUT2D eigenvalue weighted by Gasteiger charge is 2.45. The van der Waals surface area contributed by atoms with Crippen LogP contribution in [0.15, 0.2) is 18.5 Å². The minimum Gasteiger partial charge on any atom is -0.389 e. The van der Waals surface area contributed by atoms with Gasteiger partial charge in [-0.05, 0) is 18.9 Å². The van der Waals surface area contributed by atoms with Crippen molar-refractivity contribution in [1.29, 1.82) is 0 Å². The lowest BCUT2D eigenvalue weighted by Gasteiger charge is -2.50. The number of fused-ring (bicyclic) bond motifs is 1. The monoisotopic (exact) mass is 340 g/mol. The molecule has 0 saturated carbocycles. The summed E-state index contributed by atoms with van der Waals surface area (Å²) in [7, 11) is -2.96. The maximum atomic E-state index is 11.4. The van der Waals surface area contributed by atoms with Crippen LogP contribution in [0.1, 0.15) is 12.8 Å². The molecule has 8 heteroatoms. The molecule has 3 heterocycles. The Hall–Kier alpha value is -1.25. The van der Waals surface area contributed by atoms with Gasteiger partial charge in [0, 0.05) is 57.3 Å². The van der Waals surface area contributed by atoms with E-state index in [-0.39, 0.29) is 11.7 Å². The van der Waals surface area contributed by atoms with E-state index in [9.17, 15) is 13.5 Å². The number of anilines is 1. The van der Waals surface area contributed by atoms with Gasteiger partial charge in [0.25, 0.3) is 0 Å². The zero-order valence-corrected chi connectivity index (χ0v) is 14.2. The highest BCUT2D eigenvalue weighted by atomic mass is 32.2. The van der Waals surface area contributed by atoms with Crippen molar-refractivity contribution in [1.82, 2.24) is 14.9 Å². The van der Waals surface area contributed by atoms with Crippen LogP contribution in [-0.4, -0.2) is 78.7 Å². The Morgan fingerprint density at radius 3 is 2.65 bits per heavy atom. The van der Waals surface area contributed by atoms with Gasteiger partial charge in [0.15, 0.2) is 0 Å². The molecule has 1 aromatic rings. The normalized spacial score (nSPS) is 29.3. The van der Waals surface area contributed by atoms with E-state index >= 15 is 0 Å². The minimum atomic E-state index is -2.96. The van der Waals surface area contributed by atoms with E-state index in [4.69, 9.17) is 0 Å². The second kappa shape index (κ2) is 6.33. The Balaban J connectivity index is 1.65. The topological polar surface area (TPSA) is 86.6 Å². The van der Waals surface area contributed by atoms with Gasteiger partial charge in [-0.1, -0.05) is 0 Å². The fourth-order valence-electron chi connectivity index (χ4n) is 3.51. The fraction of sp³-hybridized carbons (Fsp3) is 0.733. The molecule has 0 aliphatic carbocycles. The molecule has 23 heavy (non-hydrogen) atoms. The Labute approximate surface area is 137 Å². The standard InChI is InChI=1S/C15H24N4O3S/c1-23(21,22)10-9-18-7-3-15(20)4-8-19(12-13(15)11-18)14-16-5-2-6-17-14/h2,5-6,13,20H,3-4,7-12H2,1H3/t13-,15-/m1/s1. The van der Waals surface area contributed by atoms with Crippen molar-refractivity contribution in [2.24, 2.45) is 5.92 Å². The molecule has 128 valence electrons. The van der Waals surface area contributed by atoms with E-state index in [1.54, 1.807) is 18.5 Å². The van der Waals surface area contributed by atoms with Crippen LogP contribution in [-0.2, 0) is 9.84 Å². The summed E-state index contributed by atoms with van der Waals surface area (Å²) in [5, 5.41) is 10.9. The van der Waals surface area contributed by atoms with Crippen LogP contribution in [0.25, 0.3) is 0 Å². The maximum absolute atomic E-state index is 11.4. The summed E-state index contributed by atoms with van der Waals surface area (Å²) in [4.78, 5) is 12.8. The van der Waals surface area contributed by atoms with E-state index < -0.39 is 15.4 Å². The van der Waals surface area contributed by atoms with Crippen molar-refractivity contribution in [2.45, 2.75) is 18.4 Å². The van der Waals surface area contributed by atoms with Gasteiger partial charge in [0.1, 0.15) is 9.84 Å². The molecule has 2 atom stereocenters. The summed E-state index contributed by atoms with van der Waals surface area (Å²) < 4.78 is 22.7. The maximum Gasteiger partial charge on any atom is 0.225 e. The average molecular weight is 340 g/mol. The molecule has 0 aromatic carbocycles. The number of nitrogens with zero attached hydrogens (tertiary/aromatic N) is 4. The Morgan fingerprint density at radius 2 is 1.96 bits per heavy atom. The zero-order chi connectivity index (χ0) is 16.5. The summed E-state index contributed by atoms with van der Waals surface area (Å²) in [5.41, 5.74) is -0.646. The summed E-state index contributed by atoms with van der Waals surface area (Å²) in [6.07, 6.45) is 6.12. The molecule has 3 rings (SSSR count). The molecule has 2 aliphatic rings. The number of rotatable bonds is 4. The molecule has 0 radical (unpaired) electrons. The van der Waals surface area contributed by atoms with E-state index in [0.717, 1.165) is 19.6 Å². The first-order valence-corrected chi connectivity index (χ1v) is 10.1. The largest absolute Gasteiger partial charge is 0.389 e. The minimum absolute atomic E-state index is 0.0911. The number of hydrogen-bond donors (Lipinski definition) is 1. The number of aromatic nitrogens is 2. The molecule has 2 aliphatic heterocycles. The summed E-state index contributed by atoms with van der Waals surface area (Å²) in [5.74, 6) is 0.958. The molecule has 0 unspecified atom stereocenters. The van der Waals surface area contributed by atoms with Gasteiger partial charge in [-0.15, -0.1) is 0 Å². The summed E-state index contributed by atoms with van der Waals surface area (Å²) in [6, 6.07) is 1.79. The first-order valence-electron chi connectivity index (χ1n) is 8.00. The lowest BCUT2D eigenvalue weighted by Crippen LogP contribution is -2.60.